The molecule has 1 unspecified atom stereocenters. The fourth-order valence-electron chi connectivity index (χ4n) is 2.60. The second kappa shape index (κ2) is 6.87. The lowest BCUT2D eigenvalue weighted by atomic mass is 10.0. The second-order valence-corrected chi connectivity index (χ2v) is 6.50. The first kappa shape index (κ1) is 16.4. The van der Waals surface area contributed by atoms with Crippen LogP contribution in [-0.4, -0.2) is 0 Å². The summed E-state index contributed by atoms with van der Waals surface area (Å²) in [6, 6.07) is 12.6. The molecule has 118 valence electrons. The molecular weight excluding hydrogens is 270 g/mol. The van der Waals surface area contributed by atoms with E-state index in [1.807, 2.05) is 19.1 Å². The Balaban J connectivity index is 2.12. The third-order valence-corrected chi connectivity index (χ3v) is 4.18. The molecule has 2 rings (SSSR count). The van der Waals surface area contributed by atoms with Gasteiger partial charge in [0.2, 0.25) is 0 Å². The molecule has 2 aromatic rings. The number of anilines is 1. The van der Waals surface area contributed by atoms with Crippen LogP contribution in [0, 0.1) is 19.8 Å². The molecule has 0 amide bonds. The molecule has 0 heterocycles. The smallest absolute Gasteiger partial charge is 0.123 e. The lowest BCUT2D eigenvalue weighted by Gasteiger charge is -2.19. The van der Waals surface area contributed by atoms with Crippen LogP contribution in [0.5, 0.6) is 5.75 Å². The lowest BCUT2D eigenvalue weighted by molar-refractivity contribution is 0.225. The molecule has 0 aromatic heterocycles. The van der Waals surface area contributed by atoms with E-state index in [9.17, 15) is 0 Å². The summed E-state index contributed by atoms with van der Waals surface area (Å²) in [5.74, 6) is 1.59. The minimum absolute atomic E-state index is 0.0230. The van der Waals surface area contributed by atoms with E-state index in [2.05, 4.69) is 52.0 Å². The van der Waals surface area contributed by atoms with Crippen molar-refractivity contribution in [1.29, 1.82) is 0 Å². The zero-order valence-corrected chi connectivity index (χ0v) is 14.3. The van der Waals surface area contributed by atoms with Crippen LogP contribution in [0.25, 0.3) is 0 Å². The van der Waals surface area contributed by atoms with Crippen LogP contribution < -0.4 is 10.5 Å². The van der Waals surface area contributed by atoms with Gasteiger partial charge in [0.05, 0.1) is 0 Å². The first-order valence-corrected chi connectivity index (χ1v) is 7.99. The average molecular weight is 297 g/mol. The normalized spacial score (nSPS) is 12.5. The molecule has 0 bridgehead atoms. The van der Waals surface area contributed by atoms with Crippen molar-refractivity contribution in [2.75, 3.05) is 5.73 Å². The van der Waals surface area contributed by atoms with E-state index in [1.54, 1.807) is 0 Å². The summed E-state index contributed by atoms with van der Waals surface area (Å²) < 4.78 is 6.13. The first-order valence-electron chi connectivity index (χ1n) is 7.99. The first-order chi connectivity index (χ1) is 10.4. The molecule has 0 saturated heterocycles. The largest absolute Gasteiger partial charge is 0.486 e. The summed E-state index contributed by atoms with van der Waals surface area (Å²) >= 11 is 0. The van der Waals surface area contributed by atoms with E-state index in [0.29, 0.717) is 5.92 Å². The number of hydrogen-bond acceptors (Lipinski definition) is 2. The lowest BCUT2D eigenvalue weighted by Crippen LogP contribution is -2.06. The summed E-state index contributed by atoms with van der Waals surface area (Å²) in [7, 11) is 0. The van der Waals surface area contributed by atoms with E-state index in [-0.39, 0.29) is 6.10 Å². The molecule has 1 atom stereocenters. The van der Waals surface area contributed by atoms with Gasteiger partial charge in [-0.2, -0.15) is 0 Å². The van der Waals surface area contributed by atoms with Gasteiger partial charge >= 0.3 is 0 Å². The monoisotopic (exact) mass is 297 g/mol. The van der Waals surface area contributed by atoms with Crippen molar-refractivity contribution in [2.45, 2.75) is 47.1 Å². The number of nitrogens with two attached hydrogens (primary N) is 1. The fourth-order valence-corrected chi connectivity index (χ4v) is 2.60. The third kappa shape index (κ3) is 3.82. The van der Waals surface area contributed by atoms with Gasteiger partial charge in [0.25, 0.3) is 0 Å². The van der Waals surface area contributed by atoms with Crippen LogP contribution in [0.2, 0.25) is 0 Å². The highest BCUT2D eigenvalue weighted by Gasteiger charge is 2.11. The maximum absolute atomic E-state index is 6.13. The Kier molecular flexibility index (Phi) is 5.12. The van der Waals surface area contributed by atoms with Crippen molar-refractivity contribution in [3.05, 3.63) is 58.7 Å². The molecule has 0 aliphatic carbocycles. The van der Waals surface area contributed by atoms with Crippen molar-refractivity contribution < 1.29 is 4.74 Å². The number of benzene rings is 2. The Morgan fingerprint density at radius 2 is 1.55 bits per heavy atom. The topological polar surface area (TPSA) is 35.2 Å². The zero-order valence-electron chi connectivity index (χ0n) is 14.3. The zero-order chi connectivity index (χ0) is 16.3. The van der Waals surface area contributed by atoms with Crippen molar-refractivity contribution in [3.63, 3.8) is 0 Å². The maximum atomic E-state index is 6.13. The Labute approximate surface area is 134 Å². The van der Waals surface area contributed by atoms with Gasteiger partial charge in [-0.1, -0.05) is 38.1 Å². The van der Waals surface area contributed by atoms with Gasteiger partial charge in [0.15, 0.2) is 0 Å². The molecular formula is C20H27NO. The molecule has 22 heavy (non-hydrogen) atoms. The summed E-state index contributed by atoms with van der Waals surface area (Å²) in [4.78, 5) is 0. The number of hydrogen-bond donors (Lipinski definition) is 1. The predicted octanol–water partition coefficient (Wildman–Crippen LogP) is 5.22. The Morgan fingerprint density at radius 1 is 0.909 bits per heavy atom. The Morgan fingerprint density at radius 3 is 2.14 bits per heavy atom. The Hall–Kier alpha value is -1.96. The average Bonchev–Trinajstić information content (AvgIpc) is 2.48. The Bertz CT molecular complexity index is 629. The molecule has 0 saturated carbocycles. The fraction of sp³-hybridized carbons (Fsp3) is 0.400. The van der Waals surface area contributed by atoms with Crippen molar-refractivity contribution in [1.82, 2.24) is 0 Å². The highest BCUT2D eigenvalue weighted by molar-refractivity contribution is 5.55. The van der Waals surface area contributed by atoms with Crippen LogP contribution in [0.4, 0.5) is 5.69 Å². The molecule has 2 aromatic carbocycles. The summed E-state index contributed by atoms with van der Waals surface area (Å²) in [6.07, 6.45) is 1.14. The molecule has 0 aliphatic rings. The van der Waals surface area contributed by atoms with E-state index in [4.69, 9.17) is 10.5 Å². The molecule has 2 N–H and O–H groups in total. The van der Waals surface area contributed by atoms with Crippen LogP contribution in [0.3, 0.4) is 0 Å². The van der Waals surface area contributed by atoms with Crippen LogP contribution in [-0.2, 0) is 6.42 Å². The van der Waals surface area contributed by atoms with Gasteiger partial charge in [-0.05, 0) is 67.5 Å². The maximum Gasteiger partial charge on any atom is 0.123 e. The van der Waals surface area contributed by atoms with Gasteiger partial charge in [0, 0.05) is 5.69 Å². The summed E-state index contributed by atoms with van der Waals surface area (Å²) in [5.41, 5.74) is 11.5. The van der Waals surface area contributed by atoms with Crippen LogP contribution in [0.1, 0.15) is 49.1 Å². The number of rotatable bonds is 5. The van der Waals surface area contributed by atoms with Crippen LogP contribution in [0.15, 0.2) is 36.4 Å². The molecule has 0 spiro atoms. The predicted molar refractivity (Wildman–Crippen MR) is 94.4 cm³/mol. The van der Waals surface area contributed by atoms with Gasteiger partial charge < -0.3 is 10.5 Å². The van der Waals surface area contributed by atoms with E-state index < -0.39 is 0 Å². The van der Waals surface area contributed by atoms with E-state index in [0.717, 1.165) is 29.0 Å². The minimum atomic E-state index is 0.0230. The molecule has 0 fully saturated rings. The SMILES string of the molecule is Cc1c(N)ccc(OC(C)c2ccc(CC(C)C)cc2)c1C. The minimum Gasteiger partial charge on any atom is -0.486 e. The molecule has 0 aliphatic heterocycles. The van der Waals surface area contributed by atoms with Gasteiger partial charge in [-0.3, -0.25) is 0 Å². The van der Waals surface area contributed by atoms with Crippen LogP contribution >= 0.6 is 0 Å². The third-order valence-electron chi connectivity index (χ3n) is 4.18. The molecule has 0 radical (unpaired) electrons. The standard InChI is InChI=1S/C20H27NO/c1-13(2)12-17-6-8-18(9-7-17)16(5)22-20-11-10-19(21)14(3)15(20)4/h6-11,13,16H,12,21H2,1-5H3. The quantitative estimate of drug-likeness (QED) is 0.767. The van der Waals surface area contributed by atoms with E-state index in [1.165, 1.54) is 11.1 Å². The number of ether oxygens (including phenoxy) is 1. The van der Waals surface area contributed by atoms with E-state index >= 15 is 0 Å². The van der Waals surface area contributed by atoms with Crippen molar-refractivity contribution >= 4 is 5.69 Å². The summed E-state index contributed by atoms with van der Waals surface area (Å²) in [6.45, 7) is 10.7. The summed E-state index contributed by atoms with van der Waals surface area (Å²) in [5, 5.41) is 0. The van der Waals surface area contributed by atoms with Gasteiger partial charge in [-0.15, -0.1) is 0 Å². The van der Waals surface area contributed by atoms with Gasteiger partial charge in [0.1, 0.15) is 11.9 Å². The second-order valence-electron chi connectivity index (χ2n) is 6.50. The van der Waals surface area contributed by atoms with Crippen molar-refractivity contribution in [2.24, 2.45) is 5.92 Å². The molecule has 2 heteroatoms. The number of nitrogen functional groups attached to an aromatic ring is 1. The van der Waals surface area contributed by atoms with Crippen molar-refractivity contribution in [3.8, 4) is 5.75 Å². The highest BCUT2D eigenvalue weighted by atomic mass is 16.5. The highest BCUT2D eigenvalue weighted by Crippen LogP contribution is 2.29. The molecule has 2 nitrogen and oxygen atoms in total. The van der Waals surface area contributed by atoms with Gasteiger partial charge in [-0.25, -0.2) is 0 Å².